The number of benzene rings is 1. The molecule has 15 heavy (non-hydrogen) atoms. The van der Waals surface area contributed by atoms with Gasteiger partial charge in [-0.25, -0.2) is 0 Å². The summed E-state index contributed by atoms with van der Waals surface area (Å²) in [5.41, 5.74) is 5.87. The van der Waals surface area contributed by atoms with Gasteiger partial charge in [0.15, 0.2) is 0 Å². The molecule has 1 aromatic carbocycles. The summed E-state index contributed by atoms with van der Waals surface area (Å²) in [6, 6.07) is 9.25. The fourth-order valence-corrected chi connectivity index (χ4v) is 0.989. The molecule has 0 unspecified atom stereocenters. The molecule has 1 aromatic rings. The molecule has 5 nitrogen and oxygen atoms in total. The summed E-state index contributed by atoms with van der Waals surface area (Å²) in [7, 11) is 0. The Morgan fingerprint density at radius 1 is 1.13 bits per heavy atom. The van der Waals surface area contributed by atoms with Crippen molar-refractivity contribution in [3.63, 3.8) is 0 Å². The Morgan fingerprint density at radius 3 is 2.40 bits per heavy atom. The fourth-order valence-electron chi connectivity index (χ4n) is 0.989. The molecule has 0 bridgehead atoms. The summed E-state index contributed by atoms with van der Waals surface area (Å²) in [4.78, 5) is 21.9. The first-order valence-electron chi connectivity index (χ1n) is 4.54. The van der Waals surface area contributed by atoms with E-state index in [1.54, 1.807) is 0 Å². The third-order valence-electron chi connectivity index (χ3n) is 1.69. The minimum absolute atomic E-state index is 0.0513. The number of imide groups is 1. The van der Waals surface area contributed by atoms with Crippen molar-refractivity contribution >= 4 is 17.5 Å². The van der Waals surface area contributed by atoms with Crippen molar-refractivity contribution in [1.82, 2.24) is 5.32 Å². The van der Waals surface area contributed by atoms with Gasteiger partial charge in [0.2, 0.25) is 11.8 Å². The van der Waals surface area contributed by atoms with Crippen LogP contribution >= 0.6 is 0 Å². The monoisotopic (exact) mass is 207 g/mol. The average Bonchev–Trinajstić information content (AvgIpc) is 2.27. The third kappa shape index (κ3) is 4.24. The molecule has 0 aliphatic carbocycles. The van der Waals surface area contributed by atoms with Crippen molar-refractivity contribution in [2.75, 3.05) is 18.4 Å². The van der Waals surface area contributed by atoms with Crippen LogP contribution in [-0.4, -0.2) is 24.9 Å². The molecule has 0 saturated heterocycles. The van der Waals surface area contributed by atoms with Crippen molar-refractivity contribution in [2.45, 2.75) is 0 Å². The van der Waals surface area contributed by atoms with Crippen LogP contribution in [-0.2, 0) is 9.59 Å². The minimum Gasteiger partial charge on any atom is -0.376 e. The van der Waals surface area contributed by atoms with Gasteiger partial charge < -0.3 is 11.1 Å². The summed E-state index contributed by atoms with van der Waals surface area (Å²) in [6.45, 7) is -0.132. The normalized spacial score (nSPS) is 9.40. The van der Waals surface area contributed by atoms with Gasteiger partial charge in [0.25, 0.3) is 0 Å². The van der Waals surface area contributed by atoms with E-state index in [-0.39, 0.29) is 13.1 Å². The zero-order valence-electron chi connectivity index (χ0n) is 8.19. The van der Waals surface area contributed by atoms with Gasteiger partial charge in [-0.05, 0) is 12.1 Å². The largest absolute Gasteiger partial charge is 0.376 e. The van der Waals surface area contributed by atoms with Crippen LogP contribution in [0.5, 0.6) is 0 Å². The highest BCUT2D eigenvalue weighted by Crippen LogP contribution is 2.03. The maximum Gasteiger partial charge on any atom is 0.245 e. The number of hydrogen-bond donors (Lipinski definition) is 3. The van der Waals surface area contributed by atoms with Gasteiger partial charge >= 0.3 is 0 Å². The Labute approximate surface area is 87.7 Å². The van der Waals surface area contributed by atoms with E-state index in [9.17, 15) is 9.59 Å². The quantitative estimate of drug-likeness (QED) is 0.633. The number of carbonyl (C=O) groups is 2. The van der Waals surface area contributed by atoms with E-state index in [2.05, 4.69) is 10.6 Å². The fraction of sp³-hybridized carbons (Fsp3) is 0.200. The molecule has 0 radical (unpaired) electrons. The Morgan fingerprint density at radius 2 is 1.80 bits per heavy atom. The predicted octanol–water partition coefficient (Wildman–Crippen LogP) is -0.300. The summed E-state index contributed by atoms with van der Waals surface area (Å²) in [5, 5.41) is 5.00. The van der Waals surface area contributed by atoms with Crippen molar-refractivity contribution in [1.29, 1.82) is 0 Å². The molecule has 5 heteroatoms. The zero-order chi connectivity index (χ0) is 11.1. The molecule has 0 aliphatic heterocycles. The van der Waals surface area contributed by atoms with Gasteiger partial charge in [0.05, 0.1) is 13.1 Å². The third-order valence-corrected chi connectivity index (χ3v) is 1.69. The molecule has 0 spiro atoms. The van der Waals surface area contributed by atoms with Gasteiger partial charge in [0, 0.05) is 5.69 Å². The van der Waals surface area contributed by atoms with Crippen LogP contribution in [0, 0.1) is 0 Å². The van der Waals surface area contributed by atoms with E-state index in [1.165, 1.54) is 0 Å². The van der Waals surface area contributed by atoms with Crippen LogP contribution < -0.4 is 16.4 Å². The molecular weight excluding hydrogens is 194 g/mol. The van der Waals surface area contributed by atoms with Gasteiger partial charge in [-0.1, -0.05) is 18.2 Å². The molecule has 0 aliphatic rings. The lowest BCUT2D eigenvalue weighted by Gasteiger charge is -2.05. The van der Waals surface area contributed by atoms with E-state index in [1.807, 2.05) is 30.3 Å². The molecule has 2 amide bonds. The Hall–Kier alpha value is -1.88. The van der Waals surface area contributed by atoms with Crippen molar-refractivity contribution < 1.29 is 9.59 Å². The molecule has 0 saturated carbocycles. The first-order chi connectivity index (χ1) is 7.22. The average molecular weight is 207 g/mol. The van der Waals surface area contributed by atoms with Crippen LogP contribution in [0.25, 0.3) is 0 Å². The molecule has 80 valence electrons. The van der Waals surface area contributed by atoms with Gasteiger partial charge in [-0.3, -0.25) is 14.9 Å². The SMILES string of the molecule is NCC(=O)NC(=O)CNc1ccccc1. The first kappa shape index (κ1) is 11.2. The van der Waals surface area contributed by atoms with Gasteiger partial charge in [0.1, 0.15) is 0 Å². The summed E-state index contributed by atoms with van der Waals surface area (Å²) >= 11 is 0. The molecule has 0 aromatic heterocycles. The number of amides is 2. The van der Waals surface area contributed by atoms with Crippen molar-refractivity contribution in [3.8, 4) is 0 Å². The van der Waals surface area contributed by atoms with Crippen molar-refractivity contribution in [2.24, 2.45) is 5.73 Å². The molecule has 0 fully saturated rings. The standard InChI is InChI=1S/C10H13N3O2/c11-6-9(14)13-10(15)7-12-8-4-2-1-3-5-8/h1-5,12H,6-7,11H2,(H,13,14,15). The highest BCUT2D eigenvalue weighted by molar-refractivity contribution is 5.97. The summed E-state index contributed by atoms with van der Waals surface area (Å²) < 4.78 is 0. The minimum atomic E-state index is -0.477. The van der Waals surface area contributed by atoms with Gasteiger partial charge in [-0.15, -0.1) is 0 Å². The van der Waals surface area contributed by atoms with Crippen LogP contribution in [0.15, 0.2) is 30.3 Å². The molecular formula is C10H13N3O2. The summed E-state index contributed by atoms with van der Waals surface area (Å²) in [6.07, 6.45) is 0. The topological polar surface area (TPSA) is 84.2 Å². The van der Waals surface area contributed by atoms with E-state index in [0.29, 0.717) is 0 Å². The smallest absolute Gasteiger partial charge is 0.245 e. The molecule has 0 atom stereocenters. The maximum atomic E-state index is 11.1. The number of anilines is 1. The zero-order valence-corrected chi connectivity index (χ0v) is 8.19. The second-order valence-corrected chi connectivity index (χ2v) is 2.90. The highest BCUT2D eigenvalue weighted by atomic mass is 16.2. The first-order valence-corrected chi connectivity index (χ1v) is 4.54. The Balaban J connectivity index is 2.32. The summed E-state index contributed by atoms with van der Waals surface area (Å²) in [5.74, 6) is -0.871. The lowest BCUT2D eigenvalue weighted by atomic mass is 10.3. The van der Waals surface area contributed by atoms with E-state index in [0.717, 1.165) is 5.69 Å². The number of para-hydroxylation sites is 1. The molecule has 4 N–H and O–H groups in total. The van der Waals surface area contributed by atoms with Crippen LogP contribution in [0.4, 0.5) is 5.69 Å². The Kier molecular flexibility index (Phi) is 4.30. The number of rotatable bonds is 4. The Bertz CT molecular complexity index is 338. The maximum absolute atomic E-state index is 11.1. The van der Waals surface area contributed by atoms with E-state index < -0.39 is 11.8 Å². The lowest BCUT2D eigenvalue weighted by molar-refractivity contribution is -0.128. The predicted molar refractivity (Wildman–Crippen MR) is 57.1 cm³/mol. The second kappa shape index (κ2) is 5.77. The van der Waals surface area contributed by atoms with Crippen LogP contribution in [0.2, 0.25) is 0 Å². The lowest BCUT2D eigenvalue weighted by Crippen LogP contribution is -2.38. The number of nitrogens with one attached hydrogen (secondary N) is 2. The number of nitrogens with two attached hydrogens (primary N) is 1. The highest BCUT2D eigenvalue weighted by Gasteiger charge is 2.04. The van der Waals surface area contributed by atoms with E-state index in [4.69, 9.17) is 5.73 Å². The number of carbonyl (C=O) groups excluding carboxylic acids is 2. The second-order valence-electron chi connectivity index (χ2n) is 2.90. The van der Waals surface area contributed by atoms with Gasteiger partial charge in [-0.2, -0.15) is 0 Å². The van der Waals surface area contributed by atoms with Crippen LogP contribution in [0.1, 0.15) is 0 Å². The van der Waals surface area contributed by atoms with E-state index >= 15 is 0 Å². The molecule has 0 heterocycles. The number of hydrogen-bond acceptors (Lipinski definition) is 4. The van der Waals surface area contributed by atoms with Crippen LogP contribution in [0.3, 0.4) is 0 Å². The van der Waals surface area contributed by atoms with Crippen molar-refractivity contribution in [3.05, 3.63) is 30.3 Å². The molecule has 1 rings (SSSR count).